The van der Waals surface area contributed by atoms with Gasteiger partial charge in [-0.15, -0.1) is 0 Å². The van der Waals surface area contributed by atoms with Gasteiger partial charge in [0.15, 0.2) is 0 Å². The Morgan fingerprint density at radius 2 is 1.84 bits per heavy atom. The molecule has 2 rings (SSSR count). The lowest BCUT2D eigenvalue weighted by Crippen LogP contribution is -2.36. The van der Waals surface area contributed by atoms with Gasteiger partial charge in [0, 0.05) is 20.3 Å². The van der Waals surface area contributed by atoms with E-state index in [4.69, 9.17) is 9.47 Å². The highest BCUT2D eigenvalue weighted by Gasteiger charge is 2.34. The van der Waals surface area contributed by atoms with Gasteiger partial charge in [-0.25, -0.2) is 4.79 Å². The molecule has 0 radical (unpaired) electrons. The van der Waals surface area contributed by atoms with Gasteiger partial charge in [-0.05, 0) is 12.5 Å². The summed E-state index contributed by atoms with van der Waals surface area (Å²) in [5.74, 6) is -0.897. The minimum Gasteiger partial charge on any atom is -0.456 e. The SMILES string of the molecule is CC1=C(CC(O)c2ccccc2)OC(C)(C)OC1=O. The highest BCUT2D eigenvalue weighted by atomic mass is 16.7. The zero-order valence-corrected chi connectivity index (χ0v) is 11.3. The number of cyclic esters (lactones) is 1. The lowest BCUT2D eigenvalue weighted by atomic mass is 10.0. The maximum absolute atomic E-state index is 11.7. The number of benzene rings is 1. The van der Waals surface area contributed by atoms with E-state index in [1.807, 2.05) is 30.3 Å². The molecule has 0 bridgehead atoms. The van der Waals surface area contributed by atoms with Crippen molar-refractivity contribution in [3.63, 3.8) is 0 Å². The Labute approximate surface area is 112 Å². The van der Waals surface area contributed by atoms with Gasteiger partial charge in [-0.1, -0.05) is 30.3 Å². The van der Waals surface area contributed by atoms with Crippen LogP contribution in [0.5, 0.6) is 0 Å². The third-order valence-corrected chi connectivity index (χ3v) is 3.00. The van der Waals surface area contributed by atoms with Gasteiger partial charge in [0.2, 0.25) is 5.79 Å². The first-order valence-electron chi connectivity index (χ1n) is 6.24. The van der Waals surface area contributed by atoms with Crippen LogP contribution in [-0.2, 0) is 14.3 Å². The molecule has 0 saturated carbocycles. The van der Waals surface area contributed by atoms with Gasteiger partial charge in [0.1, 0.15) is 5.76 Å². The molecule has 1 heterocycles. The summed E-state index contributed by atoms with van der Waals surface area (Å²) in [6, 6.07) is 9.29. The molecule has 0 fully saturated rings. The molecule has 102 valence electrons. The Morgan fingerprint density at radius 1 is 1.21 bits per heavy atom. The number of ether oxygens (including phenoxy) is 2. The fourth-order valence-electron chi connectivity index (χ4n) is 1.97. The summed E-state index contributed by atoms with van der Waals surface area (Å²) in [7, 11) is 0. The Kier molecular flexibility index (Phi) is 3.62. The molecule has 1 aromatic carbocycles. The van der Waals surface area contributed by atoms with E-state index >= 15 is 0 Å². The van der Waals surface area contributed by atoms with E-state index in [2.05, 4.69) is 0 Å². The molecule has 1 unspecified atom stereocenters. The monoisotopic (exact) mass is 262 g/mol. The Morgan fingerprint density at radius 3 is 2.47 bits per heavy atom. The maximum atomic E-state index is 11.7. The summed E-state index contributed by atoms with van der Waals surface area (Å²) in [6.07, 6.45) is -0.443. The second-order valence-electron chi connectivity index (χ2n) is 5.07. The van der Waals surface area contributed by atoms with Gasteiger partial charge in [0.25, 0.3) is 0 Å². The zero-order valence-electron chi connectivity index (χ0n) is 11.3. The third-order valence-electron chi connectivity index (χ3n) is 3.00. The van der Waals surface area contributed by atoms with E-state index in [1.54, 1.807) is 20.8 Å². The lowest BCUT2D eigenvalue weighted by molar-refractivity contribution is -0.209. The number of hydrogen-bond donors (Lipinski definition) is 1. The van der Waals surface area contributed by atoms with Crippen molar-refractivity contribution < 1.29 is 19.4 Å². The molecule has 0 spiro atoms. The number of aliphatic hydroxyl groups is 1. The topological polar surface area (TPSA) is 55.8 Å². The molecule has 0 aliphatic carbocycles. The Balaban J connectivity index is 2.18. The van der Waals surface area contributed by atoms with Crippen LogP contribution >= 0.6 is 0 Å². The fourth-order valence-corrected chi connectivity index (χ4v) is 1.97. The Hall–Kier alpha value is -1.81. The first kappa shape index (κ1) is 13.6. The largest absolute Gasteiger partial charge is 0.456 e. The van der Waals surface area contributed by atoms with Crippen LogP contribution in [0.2, 0.25) is 0 Å². The molecule has 1 aromatic rings. The predicted octanol–water partition coefficient (Wildman–Crippen LogP) is 2.69. The van der Waals surface area contributed by atoms with E-state index in [0.29, 0.717) is 11.3 Å². The van der Waals surface area contributed by atoms with Gasteiger partial charge in [0.05, 0.1) is 11.7 Å². The smallest absolute Gasteiger partial charge is 0.340 e. The zero-order chi connectivity index (χ0) is 14.0. The van der Waals surface area contributed by atoms with Crippen molar-refractivity contribution >= 4 is 5.97 Å². The highest BCUT2D eigenvalue weighted by Crippen LogP contribution is 2.32. The van der Waals surface area contributed by atoms with Crippen LogP contribution in [0, 0.1) is 0 Å². The van der Waals surface area contributed by atoms with Crippen LogP contribution in [0.1, 0.15) is 38.9 Å². The van der Waals surface area contributed by atoms with Gasteiger partial charge in [-0.3, -0.25) is 0 Å². The number of hydrogen-bond acceptors (Lipinski definition) is 4. The number of esters is 1. The second kappa shape index (κ2) is 5.05. The van der Waals surface area contributed by atoms with Crippen LogP contribution in [0.4, 0.5) is 0 Å². The molecule has 19 heavy (non-hydrogen) atoms. The van der Waals surface area contributed by atoms with Gasteiger partial charge in [-0.2, -0.15) is 0 Å². The number of carbonyl (C=O) groups is 1. The van der Waals surface area contributed by atoms with Gasteiger partial charge >= 0.3 is 5.97 Å². The lowest BCUT2D eigenvalue weighted by Gasteiger charge is -2.33. The summed E-state index contributed by atoms with van der Waals surface area (Å²) < 4.78 is 10.7. The standard InChI is InChI=1S/C15H18O4/c1-10-13(18-15(2,3)19-14(10)17)9-12(16)11-7-5-4-6-8-11/h4-8,12,16H,9H2,1-3H3. The van der Waals surface area contributed by atoms with Crippen LogP contribution in [0.25, 0.3) is 0 Å². The summed E-state index contributed by atoms with van der Waals surface area (Å²) in [6.45, 7) is 4.99. The number of aliphatic hydroxyl groups excluding tert-OH is 1. The number of carbonyl (C=O) groups excluding carboxylic acids is 1. The normalized spacial score (nSPS) is 19.7. The summed E-state index contributed by atoms with van der Waals surface area (Å²) in [5.41, 5.74) is 1.21. The molecule has 4 nitrogen and oxygen atoms in total. The summed E-state index contributed by atoms with van der Waals surface area (Å²) >= 11 is 0. The first-order chi connectivity index (χ1) is 8.89. The van der Waals surface area contributed by atoms with E-state index in [9.17, 15) is 9.90 Å². The van der Waals surface area contributed by atoms with Gasteiger partial charge < -0.3 is 14.6 Å². The molecule has 1 aliphatic rings. The second-order valence-corrected chi connectivity index (χ2v) is 5.07. The fraction of sp³-hybridized carbons (Fsp3) is 0.400. The van der Waals surface area contributed by atoms with Crippen LogP contribution < -0.4 is 0 Å². The van der Waals surface area contributed by atoms with Crippen molar-refractivity contribution in [2.24, 2.45) is 0 Å². The quantitative estimate of drug-likeness (QED) is 0.851. The van der Waals surface area contributed by atoms with E-state index in [-0.39, 0.29) is 6.42 Å². The van der Waals surface area contributed by atoms with Crippen LogP contribution in [0.3, 0.4) is 0 Å². The summed E-state index contributed by atoms with van der Waals surface area (Å²) in [4.78, 5) is 11.7. The van der Waals surface area contributed by atoms with E-state index in [1.165, 1.54) is 0 Å². The Bertz CT molecular complexity index is 502. The highest BCUT2D eigenvalue weighted by molar-refractivity contribution is 5.89. The average molecular weight is 262 g/mol. The molecule has 4 heteroatoms. The molecule has 1 aliphatic heterocycles. The minimum absolute atomic E-state index is 0.258. The maximum Gasteiger partial charge on any atom is 0.340 e. The molecule has 1 atom stereocenters. The average Bonchev–Trinajstić information content (AvgIpc) is 2.35. The first-order valence-corrected chi connectivity index (χ1v) is 6.24. The van der Waals surface area contributed by atoms with E-state index < -0.39 is 17.9 Å². The molecule has 0 aromatic heterocycles. The predicted molar refractivity (Wildman–Crippen MR) is 70.0 cm³/mol. The number of rotatable bonds is 3. The molecule has 0 amide bonds. The molecule has 1 N–H and O–H groups in total. The molecule has 0 saturated heterocycles. The van der Waals surface area contributed by atoms with Crippen molar-refractivity contribution in [1.29, 1.82) is 0 Å². The van der Waals surface area contributed by atoms with Crippen LogP contribution in [0.15, 0.2) is 41.7 Å². The van der Waals surface area contributed by atoms with Crippen molar-refractivity contribution in [2.45, 2.75) is 39.1 Å². The molecular formula is C15H18O4. The van der Waals surface area contributed by atoms with Crippen molar-refractivity contribution in [3.8, 4) is 0 Å². The summed E-state index contributed by atoms with van der Waals surface area (Å²) in [5, 5.41) is 10.2. The van der Waals surface area contributed by atoms with Crippen molar-refractivity contribution in [2.75, 3.05) is 0 Å². The van der Waals surface area contributed by atoms with E-state index in [0.717, 1.165) is 5.56 Å². The minimum atomic E-state index is -0.984. The third kappa shape index (κ3) is 3.15. The van der Waals surface area contributed by atoms with Crippen molar-refractivity contribution in [3.05, 3.63) is 47.2 Å². The van der Waals surface area contributed by atoms with Crippen LogP contribution in [-0.4, -0.2) is 16.9 Å². The van der Waals surface area contributed by atoms with Crippen molar-refractivity contribution in [1.82, 2.24) is 0 Å². The molecular weight excluding hydrogens is 244 g/mol.